The van der Waals surface area contributed by atoms with Crippen LogP contribution in [0.4, 0.5) is 0 Å². The second-order valence-electron chi connectivity index (χ2n) is 8.46. The van der Waals surface area contributed by atoms with Crippen molar-refractivity contribution in [2.24, 2.45) is 5.92 Å². The van der Waals surface area contributed by atoms with Crippen LogP contribution >= 0.6 is 0 Å². The third kappa shape index (κ3) is 7.84. The second kappa shape index (κ2) is 15.1. The summed E-state index contributed by atoms with van der Waals surface area (Å²) in [5.41, 5.74) is 10.8. The minimum atomic E-state index is 0. The summed E-state index contributed by atoms with van der Waals surface area (Å²) in [4.78, 5) is 0. The van der Waals surface area contributed by atoms with Crippen molar-refractivity contribution in [3.63, 3.8) is 0 Å². The van der Waals surface area contributed by atoms with Gasteiger partial charge in [0.2, 0.25) is 0 Å². The number of fused-ring (bicyclic) bond motifs is 3. The zero-order valence-corrected chi connectivity index (χ0v) is 24.5. The van der Waals surface area contributed by atoms with Crippen molar-refractivity contribution in [3.8, 4) is 11.1 Å². The van der Waals surface area contributed by atoms with Crippen LogP contribution in [0.25, 0.3) is 16.7 Å². The molecule has 0 fully saturated rings. The van der Waals surface area contributed by atoms with Gasteiger partial charge in [0.15, 0.2) is 0 Å². The van der Waals surface area contributed by atoms with Crippen molar-refractivity contribution in [1.82, 2.24) is 0 Å². The van der Waals surface area contributed by atoms with Crippen molar-refractivity contribution in [2.45, 2.75) is 20.3 Å². The number of hydrogen-bond acceptors (Lipinski definition) is 0. The van der Waals surface area contributed by atoms with E-state index >= 15 is 0 Å². The molecule has 36 heavy (non-hydrogen) atoms. The van der Waals surface area contributed by atoms with Crippen molar-refractivity contribution < 1.29 is 49.0 Å². The van der Waals surface area contributed by atoms with Gasteiger partial charge < -0.3 is 24.8 Å². The minimum Gasteiger partial charge on any atom is -0.179 e. The van der Waals surface area contributed by atoms with E-state index in [1.165, 1.54) is 68.8 Å². The van der Waals surface area contributed by atoms with Gasteiger partial charge in [-0.2, -0.15) is 41.5 Å². The van der Waals surface area contributed by atoms with Gasteiger partial charge in [-0.1, -0.05) is 85.5 Å². The molecule has 0 saturated heterocycles. The van der Waals surface area contributed by atoms with Gasteiger partial charge in [-0.3, -0.25) is 6.08 Å². The van der Waals surface area contributed by atoms with Gasteiger partial charge in [-0.05, 0) is 6.42 Å². The Balaban J connectivity index is 0.000000191. The van der Waals surface area contributed by atoms with Gasteiger partial charge in [-0.15, -0.1) is 11.1 Å². The van der Waals surface area contributed by atoms with Gasteiger partial charge in [-0.25, -0.2) is 5.57 Å². The predicted octanol–water partition coefficient (Wildman–Crippen LogP) is 1.92. The van der Waals surface area contributed by atoms with E-state index in [1.807, 2.05) is 18.2 Å². The molecule has 3 heteroatoms. The SMILES string of the molecule is CC1=[C-]C(C)C=C1c1ccccc1.[Cl-].[Cl-].[Zr+2]=[CH]c1ccccc1.[c-]1cccc2c1Cc1ccccc1-2. The van der Waals surface area contributed by atoms with Crippen LogP contribution in [-0.2, 0) is 30.7 Å². The summed E-state index contributed by atoms with van der Waals surface area (Å²) in [7, 11) is 0. The fourth-order valence-electron chi connectivity index (χ4n) is 4.31. The Hall–Kier alpha value is -2.31. The van der Waals surface area contributed by atoms with Gasteiger partial charge in [0.1, 0.15) is 0 Å². The van der Waals surface area contributed by atoms with Crippen LogP contribution in [0.5, 0.6) is 0 Å². The number of hydrogen-bond donors (Lipinski definition) is 0. The predicted molar refractivity (Wildman–Crippen MR) is 141 cm³/mol. The maximum atomic E-state index is 3.39. The molecule has 180 valence electrons. The summed E-state index contributed by atoms with van der Waals surface area (Å²) in [6.07, 6.45) is 6.71. The molecule has 0 amide bonds. The zero-order chi connectivity index (χ0) is 23.8. The van der Waals surface area contributed by atoms with Crippen LogP contribution in [0.1, 0.15) is 36.1 Å². The Morgan fingerprint density at radius 2 is 1.39 bits per heavy atom. The summed E-state index contributed by atoms with van der Waals surface area (Å²) >= 11 is 1.46. The molecule has 2 aliphatic rings. The van der Waals surface area contributed by atoms with E-state index in [0.29, 0.717) is 5.92 Å². The molecule has 1 atom stereocenters. The van der Waals surface area contributed by atoms with Crippen molar-refractivity contribution >= 4 is 9.28 Å². The third-order valence-corrected chi connectivity index (χ3v) is 6.75. The summed E-state index contributed by atoms with van der Waals surface area (Å²) in [5.74, 6) is 0.468. The molecule has 1 unspecified atom stereocenters. The summed E-state index contributed by atoms with van der Waals surface area (Å²) in [6.45, 7) is 4.29. The molecule has 0 nitrogen and oxygen atoms in total. The molecular formula is C33H28Cl2Zr-2. The number of allylic oxidation sites excluding steroid dienone is 4. The number of benzene rings is 4. The Morgan fingerprint density at radius 3 is 2.00 bits per heavy atom. The molecule has 0 aromatic heterocycles. The molecule has 4 aromatic rings. The maximum Gasteiger partial charge on any atom is -0.0253 e. The van der Waals surface area contributed by atoms with Crippen molar-refractivity contribution in [1.29, 1.82) is 0 Å². The van der Waals surface area contributed by atoms with Crippen LogP contribution in [0.3, 0.4) is 0 Å². The van der Waals surface area contributed by atoms with Crippen LogP contribution in [0, 0.1) is 18.1 Å². The molecule has 0 bridgehead atoms. The first kappa shape index (κ1) is 29.9. The fraction of sp³-hybridized carbons (Fsp3) is 0.121. The largest absolute Gasteiger partial charge is 0.179 e. The minimum absolute atomic E-state index is 0. The molecule has 0 aliphatic heterocycles. The van der Waals surface area contributed by atoms with E-state index in [-0.39, 0.29) is 24.8 Å². The summed E-state index contributed by atoms with van der Waals surface area (Å²) < 4.78 is 2.17. The average molecular weight is 587 g/mol. The molecule has 4 aromatic carbocycles. The van der Waals surface area contributed by atoms with Crippen molar-refractivity contribution in [3.05, 3.63) is 149 Å². The molecule has 6 rings (SSSR count). The van der Waals surface area contributed by atoms with Gasteiger partial charge in [0, 0.05) is 0 Å². The van der Waals surface area contributed by atoms with Gasteiger partial charge >= 0.3 is 63.8 Å². The topological polar surface area (TPSA) is 0 Å². The van der Waals surface area contributed by atoms with Crippen LogP contribution in [-0.4, -0.2) is 3.71 Å². The van der Waals surface area contributed by atoms with Crippen LogP contribution in [0.2, 0.25) is 0 Å². The molecule has 0 saturated carbocycles. The standard InChI is InChI=1S/C13H9.C13H13.C7H6.2ClH.Zr/c1-3-7-12-10(5-1)9-11-6-2-4-8-13(11)12;1-10-8-11(2)13(9-10)12-6-4-3-5-7-12;1-7-5-3-2-4-6-7;;;/h1-5,7-8H,9H2;3-7,9-10H,1-2H3;1-6H;2*1H;/q2*-1;;;;+2/p-2. The Morgan fingerprint density at radius 1 is 0.778 bits per heavy atom. The molecule has 0 spiro atoms. The molecule has 0 heterocycles. The van der Waals surface area contributed by atoms with E-state index in [2.05, 4.69) is 121 Å². The Labute approximate surface area is 243 Å². The Bertz CT molecular complexity index is 1260. The first-order chi connectivity index (χ1) is 16.7. The Kier molecular flexibility index (Phi) is 12.5. The van der Waals surface area contributed by atoms with E-state index in [9.17, 15) is 0 Å². The van der Waals surface area contributed by atoms with Gasteiger partial charge in [0.25, 0.3) is 0 Å². The van der Waals surface area contributed by atoms with Gasteiger partial charge in [0.05, 0.1) is 0 Å². The van der Waals surface area contributed by atoms with E-state index in [4.69, 9.17) is 0 Å². The van der Waals surface area contributed by atoms with Crippen LogP contribution in [0.15, 0.2) is 115 Å². The maximum absolute atomic E-state index is 3.39. The molecule has 0 N–H and O–H groups in total. The van der Waals surface area contributed by atoms with E-state index < -0.39 is 0 Å². The third-order valence-electron chi connectivity index (χ3n) is 5.93. The zero-order valence-electron chi connectivity index (χ0n) is 20.5. The average Bonchev–Trinajstić information content (AvgIpc) is 3.44. The summed E-state index contributed by atoms with van der Waals surface area (Å²) in [6, 6.07) is 38.9. The molecular weight excluding hydrogens is 558 g/mol. The number of halogens is 2. The van der Waals surface area contributed by atoms with Crippen LogP contribution < -0.4 is 24.8 Å². The summed E-state index contributed by atoms with van der Waals surface area (Å²) in [5, 5.41) is 0. The monoisotopic (exact) mass is 584 g/mol. The normalized spacial score (nSPS) is 14.1. The smallest absolute Gasteiger partial charge is 0.0253 e. The molecule has 2 aliphatic carbocycles. The van der Waals surface area contributed by atoms with E-state index in [0.717, 1.165) is 6.42 Å². The first-order valence-corrected chi connectivity index (χ1v) is 13.1. The quantitative estimate of drug-likeness (QED) is 0.278. The number of rotatable bonds is 2. The fourth-order valence-corrected chi connectivity index (χ4v) is 4.79. The molecule has 0 radical (unpaired) electrons. The second-order valence-corrected chi connectivity index (χ2v) is 9.17. The first-order valence-electron chi connectivity index (χ1n) is 11.7. The van der Waals surface area contributed by atoms with E-state index in [1.54, 1.807) is 0 Å². The van der Waals surface area contributed by atoms with Crippen molar-refractivity contribution in [2.75, 3.05) is 0 Å².